The number of fused-ring (bicyclic) bond motifs is 2. The van der Waals surface area contributed by atoms with Gasteiger partial charge in [0.2, 0.25) is 6.33 Å². The zero-order chi connectivity index (χ0) is 33.7. The minimum absolute atomic E-state index is 0.0795. The number of benzene rings is 5. The molecule has 0 atom stereocenters. The lowest BCUT2D eigenvalue weighted by atomic mass is 9.86. The fourth-order valence-corrected chi connectivity index (χ4v) is 6.65. The van der Waals surface area contributed by atoms with Crippen LogP contribution in [0.1, 0.15) is 77.0 Å². The van der Waals surface area contributed by atoms with Gasteiger partial charge in [-0.3, -0.25) is 4.57 Å². The number of ether oxygens (including phenoxy) is 1. The predicted molar refractivity (Wildman–Crippen MR) is 197 cm³/mol. The van der Waals surface area contributed by atoms with Crippen molar-refractivity contribution >= 4 is 22.1 Å². The fraction of sp³-hybridized carbons (Fsp3) is 0.256. The normalized spacial score (nSPS) is 12.1. The summed E-state index contributed by atoms with van der Waals surface area (Å²) in [4.78, 5) is 5.24. The monoisotopic (exact) mass is 632 g/mol. The highest BCUT2D eigenvalue weighted by atomic mass is 16.5. The first-order valence-electron chi connectivity index (χ1n) is 16.9. The van der Waals surface area contributed by atoms with Crippen LogP contribution in [0.3, 0.4) is 0 Å². The van der Waals surface area contributed by atoms with E-state index in [1.807, 2.05) is 17.7 Å². The third-order valence-corrected chi connectivity index (χ3v) is 9.20. The van der Waals surface area contributed by atoms with Crippen molar-refractivity contribution in [3.63, 3.8) is 0 Å². The van der Waals surface area contributed by atoms with Gasteiger partial charge in [0.05, 0.1) is 40.5 Å². The summed E-state index contributed by atoms with van der Waals surface area (Å²) in [6.07, 6.45) is 3.50. The standard InChI is InChI=1S/C43H44N4O/c1-28(2)35-17-14-18-36(29(3)4)41(35)47-38-20-10-9-19-37(38)44-42(47)30-15-13-16-33(23-30)48-34-25-31(43(5,6)7)24-32(26-34)46-27-45(8)39-21-11-12-22-40(39)46/h9-26,28-29H,1-8H3. The van der Waals surface area contributed by atoms with Crippen LogP contribution in [-0.2, 0) is 12.5 Å². The molecule has 0 unspecified atom stereocenters. The lowest BCUT2D eigenvalue weighted by Gasteiger charge is -2.23. The second-order valence-corrected chi connectivity index (χ2v) is 14.4. The van der Waals surface area contributed by atoms with Gasteiger partial charge in [0.15, 0.2) is 0 Å². The molecule has 7 rings (SSSR count). The molecular weight excluding hydrogens is 589 g/mol. The van der Waals surface area contributed by atoms with Crippen LogP contribution in [0.2, 0.25) is 0 Å². The Bertz CT molecular complexity index is 2250. The number of aromatic nitrogens is 4. The largest absolute Gasteiger partial charge is 0.458 e. The van der Waals surface area contributed by atoms with Crippen molar-refractivity contribution in [3.8, 4) is 34.3 Å². The molecule has 5 heteroatoms. The van der Waals surface area contributed by atoms with Gasteiger partial charge in [-0.05, 0) is 70.3 Å². The Morgan fingerprint density at radius 1 is 0.708 bits per heavy atom. The Morgan fingerprint density at radius 2 is 1.38 bits per heavy atom. The third kappa shape index (κ3) is 5.68. The highest BCUT2D eigenvalue weighted by Crippen LogP contribution is 2.38. The molecule has 48 heavy (non-hydrogen) atoms. The van der Waals surface area contributed by atoms with Gasteiger partial charge in [-0.2, -0.15) is 0 Å². The van der Waals surface area contributed by atoms with Gasteiger partial charge in [-0.1, -0.05) is 121 Å². The molecule has 242 valence electrons. The summed E-state index contributed by atoms with van der Waals surface area (Å²) in [7, 11) is 2.03. The Morgan fingerprint density at radius 3 is 2.08 bits per heavy atom. The van der Waals surface area contributed by atoms with Gasteiger partial charge in [0.25, 0.3) is 0 Å². The number of imidazole rings is 2. The maximum Gasteiger partial charge on any atom is 0.244 e. The van der Waals surface area contributed by atoms with E-state index in [-0.39, 0.29) is 5.41 Å². The number of nitrogens with zero attached hydrogens (tertiary/aromatic N) is 4. The van der Waals surface area contributed by atoms with E-state index in [2.05, 4.69) is 167 Å². The van der Waals surface area contributed by atoms with E-state index < -0.39 is 0 Å². The van der Waals surface area contributed by atoms with Crippen molar-refractivity contribution in [1.29, 1.82) is 0 Å². The molecule has 0 saturated heterocycles. The van der Waals surface area contributed by atoms with Crippen molar-refractivity contribution in [2.45, 2.75) is 65.7 Å². The zero-order valence-corrected chi connectivity index (χ0v) is 29.2. The molecule has 5 aromatic carbocycles. The molecule has 0 spiro atoms. The van der Waals surface area contributed by atoms with E-state index in [4.69, 9.17) is 9.72 Å². The third-order valence-electron chi connectivity index (χ3n) is 9.20. The fourth-order valence-electron chi connectivity index (χ4n) is 6.65. The summed E-state index contributed by atoms with van der Waals surface area (Å²) in [6.45, 7) is 15.8. The summed E-state index contributed by atoms with van der Waals surface area (Å²) < 4.78 is 13.3. The highest BCUT2D eigenvalue weighted by Gasteiger charge is 2.23. The minimum Gasteiger partial charge on any atom is -0.458 e. The Balaban J connectivity index is 1.37. The van der Waals surface area contributed by atoms with Gasteiger partial charge in [-0.15, -0.1) is 0 Å². The van der Waals surface area contributed by atoms with E-state index in [1.165, 1.54) is 22.4 Å². The van der Waals surface area contributed by atoms with Crippen LogP contribution in [0.15, 0.2) is 109 Å². The quantitative estimate of drug-likeness (QED) is 0.129. The number of hydrogen-bond acceptors (Lipinski definition) is 2. The summed E-state index contributed by atoms with van der Waals surface area (Å²) in [5.74, 6) is 3.15. The highest BCUT2D eigenvalue weighted by molar-refractivity contribution is 5.84. The molecule has 7 aromatic rings. The number of aryl methyl sites for hydroxylation is 1. The minimum atomic E-state index is -0.0795. The molecule has 0 radical (unpaired) electrons. The average Bonchev–Trinajstić information content (AvgIpc) is 3.62. The van der Waals surface area contributed by atoms with E-state index >= 15 is 0 Å². The van der Waals surface area contributed by atoms with Crippen molar-refractivity contribution < 1.29 is 9.30 Å². The van der Waals surface area contributed by atoms with Crippen LogP contribution in [0.5, 0.6) is 11.5 Å². The van der Waals surface area contributed by atoms with E-state index in [1.54, 1.807) is 0 Å². The summed E-state index contributed by atoms with van der Waals surface area (Å²) in [6, 6.07) is 38.4. The van der Waals surface area contributed by atoms with Gasteiger partial charge >= 0.3 is 0 Å². The molecule has 0 N–H and O–H groups in total. The van der Waals surface area contributed by atoms with Crippen LogP contribution in [0.25, 0.3) is 44.8 Å². The summed E-state index contributed by atoms with van der Waals surface area (Å²) in [5, 5.41) is 0. The van der Waals surface area contributed by atoms with Gasteiger partial charge in [0, 0.05) is 5.56 Å². The van der Waals surface area contributed by atoms with Gasteiger partial charge in [0.1, 0.15) is 17.3 Å². The Hall–Kier alpha value is -5.16. The second-order valence-electron chi connectivity index (χ2n) is 14.4. The molecule has 0 saturated carbocycles. The molecule has 0 amide bonds. The number of para-hydroxylation sites is 5. The van der Waals surface area contributed by atoms with E-state index in [0.29, 0.717) is 11.8 Å². The van der Waals surface area contributed by atoms with Crippen LogP contribution < -0.4 is 9.30 Å². The maximum atomic E-state index is 6.73. The van der Waals surface area contributed by atoms with Gasteiger partial charge < -0.3 is 13.9 Å². The molecule has 0 aliphatic heterocycles. The molecule has 0 aliphatic carbocycles. The van der Waals surface area contributed by atoms with Crippen LogP contribution >= 0.6 is 0 Å². The first kappa shape index (κ1) is 31.4. The van der Waals surface area contributed by atoms with E-state index in [0.717, 1.165) is 50.6 Å². The van der Waals surface area contributed by atoms with Crippen LogP contribution in [-0.4, -0.2) is 14.1 Å². The molecule has 2 aromatic heterocycles. The molecule has 5 nitrogen and oxygen atoms in total. The lowest BCUT2D eigenvalue weighted by molar-refractivity contribution is -0.573. The molecule has 0 fully saturated rings. The van der Waals surface area contributed by atoms with Crippen LogP contribution in [0.4, 0.5) is 0 Å². The van der Waals surface area contributed by atoms with Crippen molar-refractivity contribution in [2.75, 3.05) is 0 Å². The SMILES string of the molecule is CC(C)c1cccc(C(C)C)c1-n1c(-c2cccc(Oc3cc(-[n+]4[c-]n(C)c5ccccc54)cc(C(C)(C)C)c3)c2)nc2ccccc21. The molecule has 0 bridgehead atoms. The predicted octanol–water partition coefficient (Wildman–Crippen LogP) is 10.6. The zero-order valence-electron chi connectivity index (χ0n) is 29.2. The molecular formula is C43H44N4O. The van der Waals surface area contributed by atoms with E-state index in [9.17, 15) is 0 Å². The molecule has 0 aliphatic rings. The van der Waals surface area contributed by atoms with Crippen molar-refractivity contribution in [1.82, 2.24) is 14.1 Å². The smallest absolute Gasteiger partial charge is 0.244 e. The Labute approximate surface area is 284 Å². The topological polar surface area (TPSA) is 35.9 Å². The van der Waals surface area contributed by atoms with Crippen molar-refractivity contribution in [2.24, 2.45) is 7.05 Å². The molecule has 2 heterocycles. The summed E-state index contributed by atoms with van der Waals surface area (Å²) in [5.41, 5.74) is 11.3. The number of hydrogen-bond donors (Lipinski definition) is 0. The average molecular weight is 633 g/mol. The first-order valence-corrected chi connectivity index (χ1v) is 16.9. The first-order chi connectivity index (χ1) is 23.0. The maximum absolute atomic E-state index is 6.73. The van der Waals surface area contributed by atoms with Crippen molar-refractivity contribution in [3.05, 3.63) is 132 Å². The van der Waals surface area contributed by atoms with Gasteiger partial charge in [-0.25, -0.2) is 4.98 Å². The lowest BCUT2D eigenvalue weighted by Crippen LogP contribution is -2.30. The number of rotatable bonds is 7. The summed E-state index contributed by atoms with van der Waals surface area (Å²) >= 11 is 0. The Kier molecular flexibility index (Phi) is 7.95. The van der Waals surface area contributed by atoms with Crippen LogP contribution in [0, 0.1) is 6.33 Å². The second kappa shape index (κ2) is 12.1.